The zero-order valence-electron chi connectivity index (χ0n) is 10.9. The highest BCUT2D eigenvalue weighted by Gasteiger charge is 2.31. The number of piperidine rings is 1. The van der Waals surface area contributed by atoms with Gasteiger partial charge in [-0.1, -0.05) is 0 Å². The Morgan fingerprint density at radius 1 is 1.39 bits per heavy atom. The molecule has 0 bridgehead atoms. The number of carbonyl (C=O) groups is 1. The second kappa shape index (κ2) is 5.57. The fraction of sp³-hybridized carbons (Fsp3) is 0.917. The van der Waals surface area contributed by atoms with Gasteiger partial charge in [-0.25, -0.2) is 8.42 Å². The zero-order valence-corrected chi connectivity index (χ0v) is 11.7. The van der Waals surface area contributed by atoms with Gasteiger partial charge >= 0.3 is 0 Å². The third kappa shape index (κ3) is 3.45. The van der Waals surface area contributed by atoms with Crippen LogP contribution in [-0.4, -0.2) is 56.9 Å². The highest BCUT2D eigenvalue weighted by atomic mass is 32.2. The first kappa shape index (κ1) is 13.8. The van der Waals surface area contributed by atoms with Crippen molar-refractivity contribution in [1.82, 2.24) is 10.2 Å². The standard InChI is InChI=1S/C12H22N2O3S/c1-13-11-3-2-5-14(8-11)12(15)7-10-4-6-18(16,17)9-10/h10-11,13H,2-9H2,1H3. The lowest BCUT2D eigenvalue weighted by Crippen LogP contribution is -2.47. The lowest BCUT2D eigenvalue weighted by Gasteiger charge is -2.33. The molecule has 0 radical (unpaired) electrons. The molecule has 0 spiro atoms. The number of likely N-dealkylation sites (tertiary alicyclic amines) is 1. The van der Waals surface area contributed by atoms with Crippen LogP contribution in [0.4, 0.5) is 0 Å². The number of sulfone groups is 1. The van der Waals surface area contributed by atoms with Crippen LogP contribution < -0.4 is 5.32 Å². The molecule has 1 N–H and O–H groups in total. The number of hydrogen-bond acceptors (Lipinski definition) is 4. The van der Waals surface area contributed by atoms with Crippen LogP contribution in [-0.2, 0) is 14.6 Å². The van der Waals surface area contributed by atoms with Crippen LogP contribution in [0.2, 0.25) is 0 Å². The maximum Gasteiger partial charge on any atom is 0.222 e. The predicted octanol–water partition coefficient (Wildman–Crippen LogP) is 0.0216. The van der Waals surface area contributed by atoms with Crippen LogP contribution in [0.5, 0.6) is 0 Å². The molecule has 2 atom stereocenters. The Bertz CT molecular complexity index is 408. The molecule has 0 aromatic carbocycles. The van der Waals surface area contributed by atoms with Gasteiger partial charge in [-0.05, 0) is 32.2 Å². The Hall–Kier alpha value is -0.620. The van der Waals surface area contributed by atoms with Crippen molar-refractivity contribution in [3.05, 3.63) is 0 Å². The highest BCUT2D eigenvalue weighted by molar-refractivity contribution is 7.91. The first-order chi connectivity index (χ1) is 8.50. The summed E-state index contributed by atoms with van der Waals surface area (Å²) in [5.41, 5.74) is 0. The lowest BCUT2D eigenvalue weighted by atomic mass is 10.0. The average Bonchev–Trinajstić information content (AvgIpc) is 2.68. The predicted molar refractivity (Wildman–Crippen MR) is 70.0 cm³/mol. The molecule has 6 heteroatoms. The molecule has 2 aliphatic rings. The summed E-state index contributed by atoms with van der Waals surface area (Å²) in [5.74, 6) is 0.612. The molecule has 18 heavy (non-hydrogen) atoms. The molecule has 0 aromatic heterocycles. The summed E-state index contributed by atoms with van der Waals surface area (Å²) in [6, 6.07) is 0.384. The molecule has 2 aliphatic heterocycles. The van der Waals surface area contributed by atoms with Gasteiger partial charge < -0.3 is 10.2 Å². The van der Waals surface area contributed by atoms with E-state index >= 15 is 0 Å². The lowest BCUT2D eigenvalue weighted by molar-refractivity contribution is -0.133. The van der Waals surface area contributed by atoms with E-state index in [1.54, 1.807) is 0 Å². The van der Waals surface area contributed by atoms with E-state index in [9.17, 15) is 13.2 Å². The zero-order chi connectivity index (χ0) is 13.2. The minimum atomic E-state index is -2.87. The topological polar surface area (TPSA) is 66.5 Å². The van der Waals surface area contributed by atoms with Crippen LogP contribution in [0.1, 0.15) is 25.7 Å². The van der Waals surface area contributed by atoms with Gasteiger partial charge in [0.2, 0.25) is 5.91 Å². The van der Waals surface area contributed by atoms with Gasteiger partial charge in [0.1, 0.15) is 0 Å². The molecule has 2 unspecified atom stereocenters. The Morgan fingerprint density at radius 3 is 2.78 bits per heavy atom. The van der Waals surface area contributed by atoms with E-state index in [0.29, 0.717) is 18.9 Å². The smallest absolute Gasteiger partial charge is 0.222 e. The summed E-state index contributed by atoms with van der Waals surface area (Å²) in [4.78, 5) is 14.0. The van der Waals surface area contributed by atoms with E-state index in [1.807, 2.05) is 11.9 Å². The molecule has 0 saturated carbocycles. The monoisotopic (exact) mass is 274 g/mol. The number of rotatable bonds is 3. The first-order valence-corrected chi connectivity index (χ1v) is 8.48. The van der Waals surface area contributed by atoms with Crippen molar-refractivity contribution in [1.29, 1.82) is 0 Å². The van der Waals surface area contributed by atoms with E-state index in [-0.39, 0.29) is 23.3 Å². The maximum absolute atomic E-state index is 12.1. The second-order valence-corrected chi connectivity index (χ2v) is 7.67. The van der Waals surface area contributed by atoms with Gasteiger partial charge in [0.05, 0.1) is 11.5 Å². The summed E-state index contributed by atoms with van der Waals surface area (Å²) in [5, 5.41) is 3.21. The third-order valence-electron chi connectivity index (χ3n) is 3.97. The van der Waals surface area contributed by atoms with Gasteiger partial charge in [0.15, 0.2) is 9.84 Å². The molecule has 1 amide bonds. The van der Waals surface area contributed by atoms with E-state index < -0.39 is 9.84 Å². The Morgan fingerprint density at radius 2 is 2.17 bits per heavy atom. The molecular weight excluding hydrogens is 252 g/mol. The molecular formula is C12H22N2O3S. The van der Waals surface area contributed by atoms with Crippen molar-refractivity contribution in [3.63, 3.8) is 0 Å². The maximum atomic E-state index is 12.1. The van der Waals surface area contributed by atoms with Crippen molar-refractivity contribution in [2.45, 2.75) is 31.7 Å². The van der Waals surface area contributed by atoms with Gasteiger partial charge in [0.25, 0.3) is 0 Å². The van der Waals surface area contributed by atoms with Crippen LogP contribution in [0, 0.1) is 5.92 Å². The number of carbonyl (C=O) groups excluding carboxylic acids is 1. The van der Waals surface area contributed by atoms with Gasteiger partial charge in [-0.3, -0.25) is 4.79 Å². The molecule has 104 valence electrons. The summed E-state index contributed by atoms with van der Waals surface area (Å²) in [6.07, 6.45) is 3.19. The van der Waals surface area contributed by atoms with Crippen molar-refractivity contribution >= 4 is 15.7 Å². The minimum absolute atomic E-state index is 0.0393. The van der Waals surface area contributed by atoms with Crippen molar-refractivity contribution in [2.24, 2.45) is 5.92 Å². The Balaban J connectivity index is 1.84. The molecule has 2 heterocycles. The second-order valence-electron chi connectivity index (χ2n) is 5.44. The summed E-state index contributed by atoms with van der Waals surface area (Å²) in [6.45, 7) is 1.57. The van der Waals surface area contributed by atoms with Crippen molar-refractivity contribution in [2.75, 3.05) is 31.6 Å². The summed E-state index contributed by atoms with van der Waals surface area (Å²) in [7, 11) is -0.951. The summed E-state index contributed by atoms with van der Waals surface area (Å²) >= 11 is 0. The molecule has 2 fully saturated rings. The Labute approximate surface area is 109 Å². The molecule has 5 nitrogen and oxygen atoms in total. The van der Waals surface area contributed by atoms with Gasteiger partial charge in [-0.2, -0.15) is 0 Å². The highest BCUT2D eigenvalue weighted by Crippen LogP contribution is 2.23. The molecule has 0 aliphatic carbocycles. The van der Waals surface area contributed by atoms with Gasteiger partial charge in [-0.15, -0.1) is 0 Å². The van der Waals surface area contributed by atoms with Crippen molar-refractivity contribution < 1.29 is 13.2 Å². The first-order valence-electron chi connectivity index (χ1n) is 6.65. The average molecular weight is 274 g/mol. The van der Waals surface area contributed by atoms with E-state index in [4.69, 9.17) is 0 Å². The number of nitrogens with zero attached hydrogens (tertiary/aromatic N) is 1. The Kier molecular flexibility index (Phi) is 4.27. The fourth-order valence-corrected chi connectivity index (χ4v) is 4.71. The van der Waals surface area contributed by atoms with E-state index in [1.165, 1.54) is 0 Å². The number of likely N-dealkylation sites (N-methyl/N-ethyl adjacent to an activating group) is 1. The molecule has 2 rings (SSSR count). The third-order valence-corrected chi connectivity index (χ3v) is 5.81. The van der Waals surface area contributed by atoms with Crippen LogP contribution in [0.15, 0.2) is 0 Å². The van der Waals surface area contributed by atoms with E-state index in [2.05, 4.69) is 5.32 Å². The normalized spacial score (nSPS) is 31.5. The van der Waals surface area contributed by atoms with Gasteiger partial charge in [0, 0.05) is 25.6 Å². The minimum Gasteiger partial charge on any atom is -0.341 e. The fourth-order valence-electron chi connectivity index (χ4n) is 2.85. The number of hydrogen-bond donors (Lipinski definition) is 1. The summed E-state index contributed by atoms with van der Waals surface area (Å²) < 4.78 is 22.7. The van der Waals surface area contributed by atoms with Crippen LogP contribution >= 0.6 is 0 Å². The largest absolute Gasteiger partial charge is 0.341 e. The SMILES string of the molecule is CNC1CCCN(C(=O)CC2CCS(=O)(=O)C2)C1. The van der Waals surface area contributed by atoms with E-state index in [0.717, 1.165) is 25.9 Å². The number of amides is 1. The molecule has 0 aromatic rings. The van der Waals surface area contributed by atoms with Crippen LogP contribution in [0.25, 0.3) is 0 Å². The number of nitrogens with one attached hydrogen (secondary N) is 1. The van der Waals surface area contributed by atoms with Crippen molar-refractivity contribution in [3.8, 4) is 0 Å². The van der Waals surface area contributed by atoms with Crippen LogP contribution in [0.3, 0.4) is 0 Å². The quantitative estimate of drug-likeness (QED) is 0.788. The molecule has 2 saturated heterocycles.